The van der Waals surface area contributed by atoms with E-state index in [1.54, 1.807) is 4.90 Å². The highest BCUT2D eigenvalue weighted by Crippen LogP contribution is 2.14. The summed E-state index contributed by atoms with van der Waals surface area (Å²) >= 11 is 0. The van der Waals surface area contributed by atoms with Crippen LogP contribution in [0.3, 0.4) is 0 Å². The molecule has 0 atom stereocenters. The number of rotatable bonds is 21. The van der Waals surface area contributed by atoms with Gasteiger partial charge in [-0.25, -0.2) is 0 Å². The van der Waals surface area contributed by atoms with E-state index in [9.17, 15) is 0 Å². The second-order valence-corrected chi connectivity index (χ2v) is 8.67. The first-order valence-electron chi connectivity index (χ1n) is 12.1. The predicted octanol–water partition coefficient (Wildman–Crippen LogP) is 3.96. The summed E-state index contributed by atoms with van der Waals surface area (Å²) in [5.74, 6) is 0. The summed E-state index contributed by atoms with van der Waals surface area (Å²) in [6.45, 7) is 3.65. The van der Waals surface area contributed by atoms with Gasteiger partial charge >= 0.3 is 0 Å². The fraction of sp³-hybridized carbons (Fsp3) is 1.00. The number of hydrogen-bond donors (Lipinski definition) is 1. The number of unbranched alkanes of at least 4 members (excludes halogenated alkanes) is 19. The molecule has 0 unspecified atom stereocenters. The third-order valence-electron chi connectivity index (χ3n) is 5.53. The Balaban J connectivity index is 0. The van der Waals surface area contributed by atoms with Crippen LogP contribution in [0.4, 0.5) is 0 Å². The molecule has 1 nitrogen and oxygen atoms in total. The highest BCUT2D eigenvalue weighted by Gasteiger charge is 1.96. The van der Waals surface area contributed by atoms with Crippen molar-refractivity contribution in [2.45, 2.75) is 135 Å². The van der Waals surface area contributed by atoms with Crippen molar-refractivity contribution in [3.63, 3.8) is 0 Å². The maximum Gasteiger partial charge on any atom is 0.0766 e. The van der Waals surface area contributed by atoms with Crippen LogP contribution in [0.5, 0.6) is 0 Å². The van der Waals surface area contributed by atoms with Gasteiger partial charge in [-0.1, -0.05) is 122 Å². The Hall–Kier alpha value is 0.250. The zero-order valence-corrected chi connectivity index (χ0v) is 19.5. The van der Waals surface area contributed by atoms with Gasteiger partial charge < -0.3 is 17.3 Å². The van der Waals surface area contributed by atoms with Gasteiger partial charge in [0.1, 0.15) is 0 Å². The fourth-order valence-corrected chi connectivity index (χ4v) is 3.73. The molecule has 0 spiro atoms. The number of nitrogens with one attached hydrogen (secondary N) is 1. The molecule has 0 aliphatic heterocycles. The van der Waals surface area contributed by atoms with Crippen molar-refractivity contribution in [1.29, 1.82) is 0 Å². The molecule has 0 aromatic carbocycles. The molecule has 0 radical (unpaired) electrons. The van der Waals surface area contributed by atoms with Crippen molar-refractivity contribution < 1.29 is 17.3 Å². The van der Waals surface area contributed by atoms with E-state index in [1.165, 1.54) is 135 Å². The van der Waals surface area contributed by atoms with E-state index in [-0.39, 0.29) is 12.4 Å². The third kappa shape index (κ3) is 26.5. The van der Waals surface area contributed by atoms with Gasteiger partial charge in [0.25, 0.3) is 0 Å². The van der Waals surface area contributed by atoms with Crippen molar-refractivity contribution in [3.8, 4) is 0 Å². The lowest BCUT2D eigenvalue weighted by Crippen LogP contribution is -3.05. The van der Waals surface area contributed by atoms with Gasteiger partial charge in [0.2, 0.25) is 0 Å². The molecule has 0 saturated heterocycles. The van der Waals surface area contributed by atoms with Crippen LogP contribution in [-0.4, -0.2) is 20.6 Å². The molecule has 0 aromatic heterocycles. The number of halogens is 1. The van der Waals surface area contributed by atoms with E-state index in [1.807, 2.05) is 0 Å². The predicted molar refractivity (Wildman–Crippen MR) is 116 cm³/mol. The molecular formula is C24H52ClN. The molecule has 160 valence electrons. The standard InChI is InChI=1S/C24H51N.ClH/c1-4-5-6-7-8-9-10-11-12-13-14-15-16-17-18-19-20-21-22-23-24-25(2)3;/h4-24H2,1-3H3;1H. The second kappa shape index (κ2) is 25.2. The third-order valence-corrected chi connectivity index (χ3v) is 5.53. The first-order chi connectivity index (χ1) is 12.3. The van der Waals surface area contributed by atoms with E-state index in [0.29, 0.717) is 0 Å². The number of hydrogen-bond acceptors (Lipinski definition) is 0. The van der Waals surface area contributed by atoms with Crippen LogP contribution in [0.1, 0.15) is 135 Å². The maximum absolute atomic E-state index is 2.30. The Bertz CT molecular complexity index is 230. The minimum Gasteiger partial charge on any atom is -1.00 e. The van der Waals surface area contributed by atoms with Crippen molar-refractivity contribution >= 4 is 0 Å². The van der Waals surface area contributed by atoms with Crippen LogP contribution >= 0.6 is 0 Å². The van der Waals surface area contributed by atoms with Gasteiger partial charge in [0.15, 0.2) is 0 Å². The Morgan fingerprint density at radius 3 is 0.846 bits per heavy atom. The normalized spacial score (nSPS) is 11.1. The lowest BCUT2D eigenvalue weighted by Gasteiger charge is -2.06. The fourth-order valence-electron chi connectivity index (χ4n) is 3.73. The van der Waals surface area contributed by atoms with Crippen molar-refractivity contribution in [2.24, 2.45) is 0 Å². The molecule has 26 heavy (non-hydrogen) atoms. The van der Waals surface area contributed by atoms with Crippen LogP contribution in [-0.2, 0) is 0 Å². The van der Waals surface area contributed by atoms with Gasteiger partial charge in [0.05, 0.1) is 20.6 Å². The Morgan fingerprint density at radius 2 is 0.615 bits per heavy atom. The Kier molecular flexibility index (Phi) is 27.6. The Morgan fingerprint density at radius 1 is 0.385 bits per heavy atom. The summed E-state index contributed by atoms with van der Waals surface area (Å²) in [6, 6.07) is 0. The smallest absolute Gasteiger partial charge is 0.0766 e. The van der Waals surface area contributed by atoms with Gasteiger partial charge in [-0.3, -0.25) is 0 Å². The summed E-state index contributed by atoms with van der Waals surface area (Å²) < 4.78 is 0. The molecule has 1 N–H and O–H groups in total. The SMILES string of the molecule is CCCCCCCCCCCCCCCCCCCCCC[NH+](C)C.[Cl-]. The first-order valence-corrected chi connectivity index (χ1v) is 12.1. The minimum absolute atomic E-state index is 0. The zero-order valence-electron chi connectivity index (χ0n) is 18.7. The summed E-state index contributed by atoms with van der Waals surface area (Å²) in [5, 5.41) is 0. The lowest BCUT2D eigenvalue weighted by atomic mass is 10.0. The monoisotopic (exact) mass is 389 g/mol. The van der Waals surface area contributed by atoms with E-state index in [4.69, 9.17) is 0 Å². The van der Waals surface area contributed by atoms with E-state index in [0.717, 1.165) is 0 Å². The van der Waals surface area contributed by atoms with Crippen molar-refractivity contribution in [1.82, 2.24) is 0 Å². The first kappa shape index (κ1) is 28.5. The topological polar surface area (TPSA) is 4.44 Å². The average molecular weight is 390 g/mol. The molecule has 0 aliphatic carbocycles. The van der Waals surface area contributed by atoms with Crippen LogP contribution < -0.4 is 17.3 Å². The molecular weight excluding hydrogens is 338 g/mol. The second-order valence-electron chi connectivity index (χ2n) is 8.67. The van der Waals surface area contributed by atoms with Crippen molar-refractivity contribution in [3.05, 3.63) is 0 Å². The zero-order chi connectivity index (χ0) is 18.4. The molecule has 0 heterocycles. The summed E-state index contributed by atoms with van der Waals surface area (Å²) in [6.07, 6.45) is 29.4. The highest BCUT2D eigenvalue weighted by atomic mass is 35.5. The molecule has 0 aromatic rings. The summed E-state index contributed by atoms with van der Waals surface area (Å²) in [4.78, 5) is 1.60. The van der Waals surface area contributed by atoms with Crippen LogP contribution in [0, 0.1) is 0 Å². The largest absolute Gasteiger partial charge is 1.00 e. The molecule has 0 aliphatic rings. The van der Waals surface area contributed by atoms with E-state index < -0.39 is 0 Å². The van der Waals surface area contributed by atoms with Gasteiger partial charge in [-0.15, -0.1) is 0 Å². The Labute approximate surface area is 173 Å². The summed E-state index contributed by atoms with van der Waals surface area (Å²) in [7, 11) is 4.52. The van der Waals surface area contributed by atoms with Crippen LogP contribution in [0.2, 0.25) is 0 Å². The quantitative estimate of drug-likeness (QED) is 0.283. The lowest BCUT2D eigenvalue weighted by molar-refractivity contribution is -0.858. The minimum atomic E-state index is 0. The molecule has 0 bridgehead atoms. The maximum atomic E-state index is 2.30. The molecule has 0 saturated carbocycles. The molecule has 2 heteroatoms. The molecule has 0 amide bonds. The highest BCUT2D eigenvalue weighted by molar-refractivity contribution is 4.50. The number of quaternary nitrogens is 1. The van der Waals surface area contributed by atoms with Crippen LogP contribution in [0.15, 0.2) is 0 Å². The van der Waals surface area contributed by atoms with Crippen LogP contribution in [0.25, 0.3) is 0 Å². The summed E-state index contributed by atoms with van der Waals surface area (Å²) in [5.41, 5.74) is 0. The van der Waals surface area contributed by atoms with E-state index >= 15 is 0 Å². The van der Waals surface area contributed by atoms with Gasteiger partial charge in [0, 0.05) is 0 Å². The van der Waals surface area contributed by atoms with E-state index in [2.05, 4.69) is 21.0 Å². The average Bonchev–Trinajstić information content (AvgIpc) is 2.60. The van der Waals surface area contributed by atoms with Gasteiger partial charge in [-0.05, 0) is 12.8 Å². The molecule has 0 fully saturated rings. The molecule has 0 rings (SSSR count). The van der Waals surface area contributed by atoms with Crippen molar-refractivity contribution in [2.75, 3.05) is 20.6 Å². The van der Waals surface area contributed by atoms with Gasteiger partial charge in [-0.2, -0.15) is 0 Å².